The molecular weight excluding hydrogens is 243 g/mol. The first kappa shape index (κ1) is 12.2. The number of halogens is 1. The van der Waals surface area contributed by atoms with Crippen LogP contribution in [0.1, 0.15) is 42.6 Å². The van der Waals surface area contributed by atoms with Gasteiger partial charge in [0, 0.05) is 16.9 Å². The molecule has 0 spiro atoms. The largest absolute Gasteiger partial charge is 0.351 e. The fraction of sp³-hybridized carbons (Fsp3) is 0.400. The Labute approximate surface area is 111 Å². The molecule has 1 aliphatic carbocycles. The maximum absolute atomic E-state index is 13.1. The molecule has 100 valence electrons. The Morgan fingerprint density at radius 3 is 2.79 bits per heavy atom. The number of H-pyrrole nitrogens is 1. The first-order valence-electron chi connectivity index (χ1n) is 6.81. The minimum absolute atomic E-state index is 0.0940. The molecule has 0 saturated heterocycles. The maximum atomic E-state index is 13.1. The van der Waals surface area contributed by atoms with Gasteiger partial charge in [-0.2, -0.15) is 0 Å². The molecule has 1 heterocycles. The Morgan fingerprint density at radius 1 is 1.21 bits per heavy atom. The fourth-order valence-electron chi connectivity index (χ4n) is 2.74. The molecule has 1 amide bonds. The normalized spacial score (nSPS) is 16.7. The average Bonchev–Trinajstić information content (AvgIpc) is 2.83. The molecule has 2 N–H and O–H groups in total. The van der Waals surface area contributed by atoms with Gasteiger partial charge in [0.15, 0.2) is 0 Å². The highest BCUT2D eigenvalue weighted by atomic mass is 19.1. The molecule has 19 heavy (non-hydrogen) atoms. The zero-order valence-corrected chi connectivity index (χ0v) is 10.7. The summed E-state index contributed by atoms with van der Waals surface area (Å²) in [5, 5.41) is 3.78. The van der Waals surface area contributed by atoms with Crippen molar-refractivity contribution in [2.75, 3.05) is 0 Å². The molecule has 1 aliphatic rings. The highest BCUT2D eigenvalue weighted by Crippen LogP contribution is 2.19. The highest BCUT2D eigenvalue weighted by Gasteiger charge is 2.17. The summed E-state index contributed by atoms with van der Waals surface area (Å²) in [6.07, 6.45) is 5.74. The number of hydrogen-bond acceptors (Lipinski definition) is 1. The second kappa shape index (κ2) is 5.03. The third-order valence-corrected chi connectivity index (χ3v) is 3.77. The second-order valence-electron chi connectivity index (χ2n) is 5.22. The van der Waals surface area contributed by atoms with E-state index in [1.54, 1.807) is 12.1 Å². The van der Waals surface area contributed by atoms with Crippen LogP contribution in [0.15, 0.2) is 24.3 Å². The molecule has 1 fully saturated rings. The van der Waals surface area contributed by atoms with Gasteiger partial charge >= 0.3 is 0 Å². The van der Waals surface area contributed by atoms with Crippen LogP contribution in [0.5, 0.6) is 0 Å². The fourth-order valence-corrected chi connectivity index (χ4v) is 2.74. The lowest BCUT2D eigenvalue weighted by molar-refractivity contribution is 0.0923. The lowest BCUT2D eigenvalue weighted by Crippen LogP contribution is -2.36. The number of rotatable bonds is 2. The lowest BCUT2D eigenvalue weighted by atomic mass is 9.95. The predicted molar refractivity (Wildman–Crippen MR) is 72.6 cm³/mol. The number of hydrogen-bond donors (Lipinski definition) is 2. The maximum Gasteiger partial charge on any atom is 0.267 e. The molecule has 0 radical (unpaired) electrons. The molecule has 3 rings (SSSR count). The van der Waals surface area contributed by atoms with Gasteiger partial charge < -0.3 is 10.3 Å². The number of carbonyl (C=O) groups is 1. The Kier molecular flexibility index (Phi) is 3.23. The monoisotopic (exact) mass is 260 g/mol. The molecule has 0 bridgehead atoms. The Bertz CT molecular complexity index is 599. The van der Waals surface area contributed by atoms with Crippen LogP contribution in [0.4, 0.5) is 4.39 Å². The van der Waals surface area contributed by atoms with Crippen molar-refractivity contribution >= 4 is 16.8 Å². The number of carbonyl (C=O) groups excluding carboxylic acids is 1. The van der Waals surface area contributed by atoms with Crippen LogP contribution in [-0.4, -0.2) is 16.9 Å². The third kappa shape index (κ3) is 2.62. The van der Waals surface area contributed by atoms with Gasteiger partial charge in [-0.25, -0.2) is 4.39 Å². The van der Waals surface area contributed by atoms with Crippen molar-refractivity contribution < 1.29 is 9.18 Å². The van der Waals surface area contributed by atoms with Crippen LogP contribution in [0.3, 0.4) is 0 Å². The Balaban J connectivity index is 1.77. The molecule has 4 heteroatoms. The Hall–Kier alpha value is -1.84. The minimum Gasteiger partial charge on any atom is -0.351 e. The number of amides is 1. The van der Waals surface area contributed by atoms with Crippen LogP contribution in [0.25, 0.3) is 10.9 Å². The standard InChI is InChI=1S/C15H17FN2O/c16-11-6-7-13-10(8-11)9-14(18-13)15(19)17-12-4-2-1-3-5-12/h6-9,12,18H,1-5H2,(H,17,19). The van der Waals surface area contributed by atoms with Crippen LogP contribution in [0, 0.1) is 5.82 Å². The first-order chi connectivity index (χ1) is 9.22. The van der Waals surface area contributed by atoms with E-state index in [0.29, 0.717) is 5.69 Å². The molecule has 0 atom stereocenters. The average molecular weight is 260 g/mol. The van der Waals surface area contributed by atoms with Gasteiger partial charge in [0.25, 0.3) is 5.91 Å². The van der Waals surface area contributed by atoms with Gasteiger partial charge in [-0.15, -0.1) is 0 Å². The van der Waals surface area contributed by atoms with E-state index in [9.17, 15) is 9.18 Å². The highest BCUT2D eigenvalue weighted by molar-refractivity contribution is 5.98. The summed E-state index contributed by atoms with van der Waals surface area (Å²) >= 11 is 0. The minimum atomic E-state index is -0.286. The molecule has 1 saturated carbocycles. The van der Waals surface area contributed by atoms with Crippen molar-refractivity contribution in [2.45, 2.75) is 38.1 Å². The number of aromatic nitrogens is 1. The van der Waals surface area contributed by atoms with E-state index in [1.165, 1.54) is 31.4 Å². The smallest absolute Gasteiger partial charge is 0.267 e. The SMILES string of the molecule is O=C(NC1CCCCC1)c1cc2cc(F)ccc2[nH]1. The van der Waals surface area contributed by atoms with Crippen LogP contribution < -0.4 is 5.32 Å². The van der Waals surface area contributed by atoms with Crippen molar-refractivity contribution in [3.8, 4) is 0 Å². The zero-order valence-electron chi connectivity index (χ0n) is 10.7. The topological polar surface area (TPSA) is 44.9 Å². The summed E-state index contributed by atoms with van der Waals surface area (Å²) in [6.45, 7) is 0. The molecule has 1 aromatic heterocycles. The summed E-state index contributed by atoms with van der Waals surface area (Å²) in [5.74, 6) is -0.380. The molecule has 0 aliphatic heterocycles. The number of aromatic amines is 1. The molecule has 1 aromatic carbocycles. The summed E-state index contributed by atoms with van der Waals surface area (Å²) in [6, 6.07) is 6.47. The predicted octanol–water partition coefficient (Wildman–Crippen LogP) is 3.37. The van der Waals surface area contributed by atoms with E-state index < -0.39 is 0 Å². The van der Waals surface area contributed by atoms with E-state index in [0.717, 1.165) is 23.7 Å². The second-order valence-corrected chi connectivity index (χ2v) is 5.22. The molecule has 0 unspecified atom stereocenters. The van der Waals surface area contributed by atoms with Crippen molar-refractivity contribution in [3.63, 3.8) is 0 Å². The zero-order chi connectivity index (χ0) is 13.2. The van der Waals surface area contributed by atoms with Crippen molar-refractivity contribution in [2.24, 2.45) is 0 Å². The van der Waals surface area contributed by atoms with Gasteiger partial charge in [0.2, 0.25) is 0 Å². The van der Waals surface area contributed by atoms with Crippen molar-refractivity contribution in [1.29, 1.82) is 0 Å². The van der Waals surface area contributed by atoms with Crippen LogP contribution in [-0.2, 0) is 0 Å². The summed E-state index contributed by atoms with van der Waals surface area (Å²) in [4.78, 5) is 15.2. The van der Waals surface area contributed by atoms with E-state index in [2.05, 4.69) is 10.3 Å². The van der Waals surface area contributed by atoms with Gasteiger partial charge in [-0.05, 0) is 37.1 Å². The van der Waals surface area contributed by atoms with Gasteiger partial charge in [0.1, 0.15) is 11.5 Å². The van der Waals surface area contributed by atoms with Gasteiger partial charge in [0.05, 0.1) is 0 Å². The lowest BCUT2D eigenvalue weighted by Gasteiger charge is -2.22. The number of nitrogens with one attached hydrogen (secondary N) is 2. The molecule has 3 nitrogen and oxygen atoms in total. The van der Waals surface area contributed by atoms with E-state index in [4.69, 9.17) is 0 Å². The van der Waals surface area contributed by atoms with Crippen molar-refractivity contribution in [1.82, 2.24) is 10.3 Å². The van der Waals surface area contributed by atoms with Gasteiger partial charge in [-0.3, -0.25) is 4.79 Å². The van der Waals surface area contributed by atoms with E-state index >= 15 is 0 Å². The Morgan fingerprint density at radius 2 is 2.00 bits per heavy atom. The summed E-state index contributed by atoms with van der Waals surface area (Å²) in [7, 11) is 0. The number of fused-ring (bicyclic) bond motifs is 1. The first-order valence-corrected chi connectivity index (χ1v) is 6.81. The van der Waals surface area contributed by atoms with Crippen molar-refractivity contribution in [3.05, 3.63) is 35.8 Å². The third-order valence-electron chi connectivity index (χ3n) is 3.77. The quantitative estimate of drug-likeness (QED) is 0.854. The van der Waals surface area contributed by atoms with Gasteiger partial charge in [-0.1, -0.05) is 19.3 Å². The number of benzene rings is 1. The van der Waals surface area contributed by atoms with E-state index in [-0.39, 0.29) is 17.8 Å². The molecule has 2 aromatic rings. The van der Waals surface area contributed by atoms with Crippen LogP contribution >= 0.6 is 0 Å². The molecular formula is C15H17FN2O. The van der Waals surface area contributed by atoms with Crippen LogP contribution in [0.2, 0.25) is 0 Å². The van der Waals surface area contributed by atoms with E-state index in [1.807, 2.05) is 0 Å². The summed E-state index contributed by atoms with van der Waals surface area (Å²) < 4.78 is 13.1. The summed E-state index contributed by atoms with van der Waals surface area (Å²) in [5.41, 5.74) is 1.29.